The van der Waals surface area contributed by atoms with Crippen LogP contribution in [0.15, 0.2) is 46.9 Å². The fourth-order valence-corrected chi connectivity index (χ4v) is 2.42. The Bertz CT molecular complexity index is 588. The molecule has 0 aliphatic rings. The van der Waals surface area contributed by atoms with Crippen molar-refractivity contribution >= 4 is 21.6 Å². The third-order valence-electron chi connectivity index (χ3n) is 2.99. The zero-order valence-corrected chi connectivity index (χ0v) is 13.1. The summed E-state index contributed by atoms with van der Waals surface area (Å²) in [5.41, 5.74) is 1.94. The molecule has 2 aromatic rings. The number of halogens is 2. The van der Waals surface area contributed by atoms with Gasteiger partial charge in [-0.1, -0.05) is 18.2 Å². The first kappa shape index (κ1) is 14.9. The van der Waals surface area contributed by atoms with Crippen molar-refractivity contribution < 1.29 is 9.13 Å². The number of para-hydroxylation sites is 1. The zero-order chi connectivity index (χ0) is 14.5. The Balaban J connectivity index is 2.19. The Labute approximate surface area is 127 Å². The second-order valence-corrected chi connectivity index (χ2v) is 5.32. The number of hydrogen-bond acceptors (Lipinski definition) is 2. The summed E-state index contributed by atoms with van der Waals surface area (Å²) in [6, 6.07) is 12.9. The minimum Gasteiger partial charge on any atom is -0.494 e. The number of rotatable bonds is 5. The normalized spacial score (nSPS) is 12.0. The van der Waals surface area contributed by atoms with Gasteiger partial charge in [-0.05, 0) is 54.0 Å². The lowest BCUT2D eigenvalue weighted by atomic mass is 10.1. The molecule has 0 bridgehead atoms. The van der Waals surface area contributed by atoms with E-state index in [0.29, 0.717) is 11.1 Å². The van der Waals surface area contributed by atoms with E-state index in [0.717, 1.165) is 17.0 Å². The van der Waals surface area contributed by atoms with Gasteiger partial charge in [-0.15, -0.1) is 0 Å². The van der Waals surface area contributed by atoms with Crippen LogP contribution in [-0.2, 0) is 0 Å². The van der Waals surface area contributed by atoms with E-state index in [1.165, 1.54) is 6.07 Å². The van der Waals surface area contributed by atoms with Gasteiger partial charge in [0, 0.05) is 11.3 Å². The van der Waals surface area contributed by atoms with E-state index >= 15 is 0 Å². The van der Waals surface area contributed by atoms with Crippen LogP contribution >= 0.6 is 15.9 Å². The Morgan fingerprint density at radius 3 is 2.70 bits per heavy atom. The highest BCUT2D eigenvalue weighted by molar-refractivity contribution is 9.10. The number of hydrogen-bond donors (Lipinski definition) is 1. The molecule has 1 atom stereocenters. The van der Waals surface area contributed by atoms with E-state index < -0.39 is 0 Å². The topological polar surface area (TPSA) is 21.3 Å². The molecule has 0 aromatic heterocycles. The van der Waals surface area contributed by atoms with E-state index in [9.17, 15) is 4.39 Å². The van der Waals surface area contributed by atoms with Crippen molar-refractivity contribution in [3.8, 4) is 5.75 Å². The van der Waals surface area contributed by atoms with Gasteiger partial charge in [0.25, 0.3) is 0 Å². The lowest BCUT2D eigenvalue weighted by Gasteiger charge is -2.19. The van der Waals surface area contributed by atoms with Crippen molar-refractivity contribution in [2.45, 2.75) is 19.9 Å². The molecule has 106 valence electrons. The molecule has 0 saturated heterocycles. The minimum atomic E-state index is -0.266. The standard InChI is InChI=1S/C16H17BrFNO/c1-3-20-16-7-5-4-6-13(16)11(2)19-12-8-9-15(18)14(17)10-12/h4-11,19H,3H2,1-2H3. The molecule has 1 N–H and O–H groups in total. The molecular formula is C16H17BrFNO. The monoisotopic (exact) mass is 337 g/mol. The molecular weight excluding hydrogens is 321 g/mol. The Morgan fingerprint density at radius 2 is 2.00 bits per heavy atom. The molecule has 4 heteroatoms. The maximum Gasteiger partial charge on any atom is 0.137 e. The summed E-state index contributed by atoms with van der Waals surface area (Å²) in [4.78, 5) is 0. The molecule has 0 amide bonds. The van der Waals surface area contributed by atoms with Gasteiger partial charge in [0.2, 0.25) is 0 Å². The maximum atomic E-state index is 13.2. The largest absolute Gasteiger partial charge is 0.494 e. The van der Waals surface area contributed by atoms with Crippen LogP contribution in [0.1, 0.15) is 25.5 Å². The van der Waals surface area contributed by atoms with Crippen molar-refractivity contribution in [1.82, 2.24) is 0 Å². The Morgan fingerprint density at radius 1 is 1.25 bits per heavy atom. The SMILES string of the molecule is CCOc1ccccc1C(C)Nc1ccc(F)c(Br)c1. The molecule has 0 aliphatic heterocycles. The predicted octanol–water partition coefficient (Wildman–Crippen LogP) is 5.16. The van der Waals surface area contributed by atoms with Crippen molar-refractivity contribution in [1.29, 1.82) is 0 Å². The average Bonchev–Trinajstić information content (AvgIpc) is 2.44. The summed E-state index contributed by atoms with van der Waals surface area (Å²) in [6.07, 6.45) is 0. The van der Waals surface area contributed by atoms with Gasteiger partial charge in [0.05, 0.1) is 17.1 Å². The van der Waals surface area contributed by atoms with Gasteiger partial charge < -0.3 is 10.1 Å². The van der Waals surface area contributed by atoms with Crippen molar-refractivity contribution in [2.75, 3.05) is 11.9 Å². The summed E-state index contributed by atoms with van der Waals surface area (Å²) in [5, 5.41) is 3.35. The van der Waals surface area contributed by atoms with Crippen molar-refractivity contribution in [3.63, 3.8) is 0 Å². The third-order valence-corrected chi connectivity index (χ3v) is 3.60. The van der Waals surface area contributed by atoms with Crippen LogP contribution in [-0.4, -0.2) is 6.61 Å². The summed E-state index contributed by atoms with van der Waals surface area (Å²) >= 11 is 3.19. The average molecular weight is 338 g/mol. The molecule has 0 spiro atoms. The fraction of sp³-hybridized carbons (Fsp3) is 0.250. The van der Waals surface area contributed by atoms with Crippen molar-refractivity contribution in [2.24, 2.45) is 0 Å². The summed E-state index contributed by atoms with van der Waals surface area (Å²) in [5.74, 6) is 0.606. The number of anilines is 1. The molecule has 0 heterocycles. The molecule has 2 nitrogen and oxygen atoms in total. The first-order valence-corrected chi connectivity index (χ1v) is 7.34. The molecule has 0 aliphatic carbocycles. The highest BCUT2D eigenvalue weighted by atomic mass is 79.9. The zero-order valence-electron chi connectivity index (χ0n) is 11.5. The summed E-state index contributed by atoms with van der Waals surface area (Å²) < 4.78 is 19.3. The second kappa shape index (κ2) is 6.75. The van der Waals surface area contributed by atoms with E-state index in [4.69, 9.17) is 4.74 Å². The Kier molecular flexibility index (Phi) is 5.01. The van der Waals surface area contributed by atoms with Crippen LogP contribution < -0.4 is 10.1 Å². The summed E-state index contributed by atoms with van der Waals surface area (Å²) in [7, 11) is 0. The highest BCUT2D eigenvalue weighted by Crippen LogP contribution is 2.29. The van der Waals surface area contributed by atoms with Gasteiger partial charge in [-0.25, -0.2) is 4.39 Å². The lowest BCUT2D eigenvalue weighted by Crippen LogP contribution is -2.09. The molecule has 0 fully saturated rings. The Hall–Kier alpha value is -1.55. The van der Waals surface area contributed by atoms with Crippen LogP contribution in [0.4, 0.5) is 10.1 Å². The van der Waals surface area contributed by atoms with Gasteiger partial charge in [0.15, 0.2) is 0 Å². The van der Waals surface area contributed by atoms with Crippen LogP contribution in [0.25, 0.3) is 0 Å². The van der Waals surface area contributed by atoms with Crippen LogP contribution in [0.3, 0.4) is 0 Å². The van der Waals surface area contributed by atoms with Gasteiger partial charge in [-0.2, -0.15) is 0 Å². The first-order chi connectivity index (χ1) is 9.61. The van der Waals surface area contributed by atoms with E-state index in [1.54, 1.807) is 12.1 Å². The molecule has 2 aromatic carbocycles. The lowest BCUT2D eigenvalue weighted by molar-refractivity contribution is 0.335. The third kappa shape index (κ3) is 3.51. The number of benzene rings is 2. The van der Waals surface area contributed by atoms with Gasteiger partial charge >= 0.3 is 0 Å². The van der Waals surface area contributed by atoms with E-state index in [1.807, 2.05) is 31.2 Å². The summed E-state index contributed by atoms with van der Waals surface area (Å²) in [6.45, 7) is 4.65. The van der Waals surface area contributed by atoms with E-state index in [2.05, 4.69) is 28.2 Å². The maximum absolute atomic E-state index is 13.2. The van der Waals surface area contributed by atoms with Crippen LogP contribution in [0.5, 0.6) is 5.75 Å². The molecule has 1 unspecified atom stereocenters. The second-order valence-electron chi connectivity index (χ2n) is 4.47. The van der Waals surface area contributed by atoms with Crippen LogP contribution in [0.2, 0.25) is 0 Å². The molecule has 20 heavy (non-hydrogen) atoms. The molecule has 0 radical (unpaired) electrons. The van der Waals surface area contributed by atoms with Crippen LogP contribution in [0, 0.1) is 5.82 Å². The molecule has 2 rings (SSSR count). The molecule has 0 saturated carbocycles. The van der Waals surface area contributed by atoms with E-state index in [-0.39, 0.29) is 11.9 Å². The number of ether oxygens (including phenoxy) is 1. The smallest absolute Gasteiger partial charge is 0.137 e. The van der Waals surface area contributed by atoms with Crippen molar-refractivity contribution in [3.05, 3.63) is 58.3 Å². The quantitative estimate of drug-likeness (QED) is 0.813. The van der Waals surface area contributed by atoms with Gasteiger partial charge in [0.1, 0.15) is 11.6 Å². The first-order valence-electron chi connectivity index (χ1n) is 6.55. The predicted molar refractivity (Wildman–Crippen MR) is 83.7 cm³/mol. The highest BCUT2D eigenvalue weighted by Gasteiger charge is 2.11. The van der Waals surface area contributed by atoms with Gasteiger partial charge in [-0.3, -0.25) is 0 Å². The fourth-order valence-electron chi connectivity index (χ4n) is 2.04. The number of nitrogens with one attached hydrogen (secondary N) is 1. The minimum absolute atomic E-state index is 0.0649.